The average molecular weight is 524 g/mol. The number of hydrogen-bond donors (Lipinski definition) is 1. The van der Waals surface area contributed by atoms with Crippen molar-refractivity contribution in [1.29, 1.82) is 0 Å². The maximum atomic E-state index is 13.6. The molecule has 5 rings (SSSR count). The lowest BCUT2D eigenvalue weighted by Gasteiger charge is -2.48. The van der Waals surface area contributed by atoms with E-state index in [1.54, 1.807) is 12.1 Å². The van der Waals surface area contributed by atoms with Crippen molar-refractivity contribution >= 4 is 46.4 Å². The second-order valence-electron chi connectivity index (χ2n) is 9.79. The quantitative estimate of drug-likeness (QED) is 0.343. The van der Waals surface area contributed by atoms with Crippen LogP contribution in [0.3, 0.4) is 0 Å². The maximum absolute atomic E-state index is 13.6. The molecule has 0 spiro atoms. The lowest BCUT2D eigenvalue weighted by molar-refractivity contribution is -0.131. The monoisotopic (exact) mass is 522 g/mol. The molecule has 1 saturated carbocycles. The van der Waals surface area contributed by atoms with Crippen molar-refractivity contribution in [3.05, 3.63) is 110 Å². The fraction of sp³-hybridized carbons (Fsp3) is 0.310. The van der Waals surface area contributed by atoms with Crippen LogP contribution in [0.25, 0.3) is 4.85 Å². The number of nitrogens with zero attached hydrogens (tertiary/aromatic N) is 1. The number of amides is 1. The molecular weight excluding hydrogens is 499 g/mol. The van der Waals surface area contributed by atoms with Gasteiger partial charge in [-0.15, -0.1) is 0 Å². The van der Waals surface area contributed by atoms with E-state index >= 15 is 0 Å². The lowest BCUT2D eigenvalue weighted by Crippen LogP contribution is -2.45. The summed E-state index contributed by atoms with van der Waals surface area (Å²) in [5, 5.41) is 5.22. The number of halogens is 3. The summed E-state index contributed by atoms with van der Waals surface area (Å²) in [6.45, 7) is 9.51. The van der Waals surface area contributed by atoms with Crippen molar-refractivity contribution in [2.45, 2.75) is 44.1 Å². The van der Waals surface area contributed by atoms with E-state index in [-0.39, 0.29) is 29.7 Å². The van der Waals surface area contributed by atoms with Crippen LogP contribution in [0.2, 0.25) is 15.1 Å². The van der Waals surface area contributed by atoms with Crippen molar-refractivity contribution in [1.82, 2.24) is 5.32 Å². The molecule has 0 aromatic heterocycles. The Bertz CT molecular complexity index is 1320. The van der Waals surface area contributed by atoms with Gasteiger partial charge in [-0.25, -0.2) is 4.85 Å². The Morgan fingerprint density at radius 2 is 1.77 bits per heavy atom. The number of carbonyl (C=O) groups is 1. The first kappa shape index (κ1) is 24.2. The summed E-state index contributed by atoms with van der Waals surface area (Å²) >= 11 is 19.2. The van der Waals surface area contributed by atoms with Gasteiger partial charge in [0.25, 0.3) is 0 Å². The van der Waals surface area contributed by atoms with E-state index < -0.39 is 5.41 Å². The number of fused-ring (bicyclic) bond motifs is 1. The van der Waals surface area contributed by atoms with Crippen molar-refractivity contribution in [2.75, 3.05) is 0 Å². The molecular formula is C29H25Cl3N2O. The van der Waals surface area contributed by atoms with Gasteiger partial charge in [0.05, 0.1) is 12.0 Å². The van der Waals surface area contributed by atoms with E-state index in [0.717, 1.165) is 29.5 Å². The zero-order chi connectivity index (χ0) is 24.7. The summed E-state index contributed by atoms with van der Waals surface area (Å²) in [5.74, 6) is 0.322. The van der Waals surface area contributed by atoms with Crippen LogP contribution in [0.1, 0.15) is 48.3 Å². The third kappa shape index (κ3) is 4.33. The Kier molecular flexibility index (Phi) is 6.57. The van der Waals surface area contributed by atoms with E-state index in [2.05, 4.69) is 29.2 Å². The molecule has 178 valence electrons. The van der Waals surface area contributed by atoms with E-state index in [4.69, 9.17) is 41.4 Å². The summed E-state index contributed by atoms with van der Waals surface area (Å²) in [5.41, 5.74) is 3.26. The zero-order valence-corrected chi connectivity index (χ0v) is 21.5. The first-order valence-corrected chi connectivity index (χ1v) is 12.9. The van der Waals surface area contributed by atoms with E-state index in [9.17, 15) is 4.79 Å². The van der Waals surface area contributed by atoms with Gasteiger partial charge in [-0.1, -0.05) is 82.8 Å². The normalized spacial score (nSPS) is 27.7. The van der Waals surface area contributed by atoms with Gasteiger partial charge in [0.2, 0.25) is 5.91 Å². The molecule has 3 aromatic carbocycles. The lowest BCUT2D eigenvalue weighted by atomic mass is 9.53. The van der Waals surface area contributed by atoms with Gasteiger partial charge in [-0.3, -0.25) is 4.79 Å². The van der Waals surface area contributed by atoms with Crippen LogP contribution in [0.15, 0.2) is 66.7 Å². The zero-order valence-electron chi connectivity index (χ0n) is 19.3. The van der Waals surface area contributed by atoms with Gasteiger partial charge in [-0.05, 0) is 73.4 Å². The number of nitrogens with one attached hydrogen (secondary N) is 1. The molecule has 1 amide bonds. The van der Waals surface area contributed by atoms with Gasteiger partial charge in [0.1, 0.15) is 0 Å². The topological polar surface area (TPSA) is 33.5 Å². The molecule has 3 nitrogen and oxygen atoms in total. The minimum absolute atomic E-state index is 0.0129. The predicted molar refractivity (Wildman–Crippen MR) is 143 cm³/mol. The standard InChI is InChI=1S/C29H25Cl3N2O/c1-17-27-26(19-6-8-20(30)9-7-19)24(23-11-10-21(31)15-25(23)32)12-13-29(27,28(35)34-17)16-18-4-3-5-22(14-18)33-2/h3-11,14-15,17,24,26-27H,12-13,16H2,1H3,(H,34,35)/t17-,24+,26+,27+,29+/m1/s1. The number of hydrogen-bond acceptors (Lipinski definition) is 1. The molecule has 1 aliphatic heterocycles. The Morgan fingerprint density at radius 1 is 1.03 bits per heavy atom. The second kappa shape index (κ2) is 9.51. The molecule has 0 bridgehead atoms. The summed E-state index contributed by atoms with van der Waals surface area (Å²) in [6, 6.07) is 21.3. The smallest absolute Gasteiger partial charge is 0.227 e. The molecule has 1 heterocycles. The van der Waals surface area contributed by atoms with Crippen molar-refractivity contribution in [3.63, 3.8) is 0 Å². The first-order valence-electron chi connectivity index (χ1n) is 11.8. The van der Waals surface area contributed by atoms with Gasteiger partial charge in [0, 0.05) is 27.0 Å². The van der Waals surface area contributed by atoms with Gasteiger partial charge < -0.3 is 5.32 Å². The molecule has 2 aliphatic rings. The van der Waals surface area contributed by atoms with Crippen LogP contribution in [0.4, 0.5) is 5.69 Å². The summed E-state index contributed by atoms with van der Waals surface area (Å²) in [4.78, 5) is 17.2. The van der Waals surface area contributed by atoms with Crippen LogP contribution in [0, 0.1) is 17.9 Å². The molecule has 5 atom stereocenters. The van der Waals surface area contributed by atoms with Crippen molar-refractivity contribution in [3.8, 4) is 0 Å². The highest BCUT2D eigenvalue weighted by Gasteiger charge is 2.60. The van der Waals surface area contributed by atoms with Crippen LogP contribution < -0.4 is 5.32 Å². The molecule has 2 fully saturated rings. The molecule has 3 aromatic rings. The van der Waals surface area contributed by atoms with Crippen LogP contribution in [0.5, 0.6) is 0 Å². The Morgan fingerprint density at radius 3 is 2.49 bits per heavy atom. The number of rotatable bonds is 4. The molecule has 35 heavy (non-hydrogen) atoms. The van der Waals surface area contributed by atoms with Gasteiger partial charge in [-0.2, -0.15) is 0 Å². The largest absolute Gasteiger partial charge is 0.353 e. The maximum Gasteiger partial charge on any atom is 0.227 e. The van der Waals surface area contributed by atoms with E-state index in [1.807, 2.05) is 42.5 Å². The average Bonchev–Trinajstić information content (AvgIpc) is 3.09. The summed E-state index contributed by atoms with van der Waals surface area (Å²) in [6.07, 6.45) is 2.15. The highest BCUT2D eigenvalue weighted by molar-refractivity contribution is 6.35. The molecule has 1 saturated heterocycles. The first-order chi connectivity index (χ1) is 16.8. The van der Waals surface area contributed by atoms with Crippen LogP contribution in [-0.2, 0) is 11.2 Å². The Hall–Kier alpha value is -2.51. The third-order valence-electron chi connectivity index (χ3n) is 7.89. The van der Waals surface area contributed by atoms with Crippen LogP contribution in [-0.4, -0.2) is 11.9 Å². The fourth-order valence-corrected chi connectivity index (χ4v) is 7.19. The summed E-state index contributed by atoms with van der Waals surface area (Å²) in [7, 11) is 0. The van der Waals surface area contributed by atoms with Gasteiger partial charge in [0.15, 0.2) is 5.69 Å². The van der Waals surface area contributed by atoms with Gasteiger partial charge >= 0.3 is 0 Å². The Labute approximate surface area is 221 Å². The molecule has 1 N–H and O–H groups in total. The molecule has 6 heteroatoms. The van der Waals surface area contributed by atoms with E-state index in [0.29, 0.717) is 27.2 Å². The highest BCUT2D eigenvalue weighted by Crippen LogP contribution is 2.60. The van der Waals surface area contributed by atoms with Crippen molar-refractivity contribution < 1.29 is 4.79 Å². The fourth-order valence-electron chi connectivity index (χ4n) is 6.51. The Balaban J connectivity index is 1.64. The number of carbonyl (C=O) groups excluding carboxylic acids is 1. The predicted octanol–water partition coefficient (Wildman–Crippen LogP) is 8.22. The number of benzene rings is 3. The minimum atomic E-state index is -0.570. The highest BCUT2D eigenvalue weighted by atomic mass is 35.5. The van der Waals surface area contributed by atoms with Crippen LogP contribution >= 0.6 is 34.8 Å². The second-order valence-corrected chi connectivity index (χ2v) is 11.1. The van der Waals surface area contributed by atoms with Crippen molar-refractivity contribution in [2.24, 2.45) is 11.3 Å². The summed E-state index contributed by atoms with van der Waals surface area (Å²) < 4.78 is 0. The molecule has 0 radical (unpaired) electrons. The molecule has 0 unspecified atom stereocenters. The third-order valence-corrected chi connectivity index (χ3v) is 8.70. The molecule has 1 aliphatic carbocycles. The minimum Gasteiger partial charge on any atom is -0.353 e. The SMILES string of the molecule is [C-]#[N+]c1cccc(C[C@@]23CC[C@@H](c4ccc(Cl)cc4Cl)[C@H](c4ccc(Cl)cc4)[C@@H]2[C@@H](C)NC3=O)c1. The van der Waals surface area contributed by atoms with E-state index in [1.165, 1.54) is 0 Å².